The summed E-state index contributed by atoms with van der Waals surface area (Å²) in [5.41, 5.74) is 2.68. The first-order chi connectivity index (χ1) is 18.8. The fourth-order valence-corrected chi connectivity index (χ4v) is 5.32. The van der Waals surface area contributed by atoms with Crippen LogP contribution < -0.4 is 10.1 Å². The summed E-state index contributed by atoms with van der Waals surface area (Å²) in [6.45, 7) is 5.10. The molecule has 2 atom stereocenters. The van der Waals surface area contributed by atoms with Crippen molar-refractivity contribution in [3.05, 3.63) is 64.7 Å². The summed E-state index contributed by atoms with van der Waals surface area (Å²) in [4.78, 5) is 23.1. The van der Waals surface area contributed by atoms with Crippen LogP contribution in [0.3, 0.4) is 0 Å². The number of rotatable bonds is 13. The summed E-state index contributed by atoms with van der Waals surface area (Å²) >= 11 is 0. The van der Waals surface area contributed by atoms with Gasteiger partial charge in [0.15, 0.2) is 0 Å². The minimum absolute atomic E-state index is 0.0779. The third-order valence-electron chi connectivity index (χ3n) is 7.18. The number of nitriles is 1. The standard InChI is InChI=1S/C30H35F3N2O5/c1-4-20(14-26(36)37)25-11-7-10-23(16-34)27(25)39-18-24(40-28(38)30(31,32)33)17-35-29(2,3)15-19-12-21-8-5-6-9-22(21)13-19/h5-11,19-20,24,35H,4,12-15,17-18H2,1-3H3,(H,36,37)/t20?,24-/m1/s1. The van der Waals surface area contributed by atoms with Gasteiger partial charge in [0.2, 0.25) is 0 Å². The van der Waals surface area contributed by atoms with Gasteiger partial charge in [-0.15, -0.1) is 0 Å². The van der Waals surface area contributed by atoms with Crippen LogP contribution in [0.25, 0.3) is 0 Å². The van der Waals surface area contributed by atoms with Crippen LogP contribution in [0.1, 0.15) is 68.2 Å². The maximum Gasteiger partial charge on any atom is 0.490 e. The molecule has 0 aliphatic heterocycles. The Kier molecular flexibility index (Phi) is 10.2. The lowest BCUT2D eigenvalue weighted by Gasteiger charge is -2.31. The maximum atomic E-state index is 13.1. The van der Waals surface area contributed by atoms with E-state index in [4.69, 9.17) is 9.47 Å². The molecule has 7 nitrogen and oxygen atoms in total. The second kappa shape index (κ2) is 13.2. The molecule has 0 radical (unpaired) electrons. The van der Waals surface area contributed by atoms with Crippen molar-refractivity contribution in [3.63, 3.8) is 0 Å². The van der Waals surface area contributed by atoms with E-state index in [0.29, 0.717) is 17.9 Å². The average molecular weight is 561 g/mol. The lowest BCUT2D eigenvalue weighted by atomic mass is 9.88. The van der Waals surface area contributed by atoms with Crippen LogP contribution in [0.2, 0.25) is 0 Å². The third kappa shape index (κ3) is 8.46. The average Bonchev–Trinajstić information content (AvgIpc) is 3.29. The summed E-state index contributed by atoms with van der Waals surface area (Å²) < 4.78 is 49.8. The van der Waals surface area contributed by atoms with Crippen molar-refractivity contribution in [2.24, 2.45) is 5.92 Å². The number of aliphatic carboxylic acids is 1. The minimum Gasteiger partial charge on any atom is -0.488 e. The van der Waals surface area contributed by atoms with Gasteiger partial charge in [0, 0.05) is 12.1 Å². The first-order valence-corrected chi connectivity index (χ1v) is 13.3. The predicted octanol–water partition coefficient (Wildman–Crippen LogP) is 5.55. The first kappa shape index (κ1) is 31.0. The lowest BCUT2D eigenvalue weighted by Crippen LogP contribution is -2.48. The molecule has 1 aliphatic carbocycles. The zero-order valence-corrected chi connectivity index (χ0v) is 22.9. The number of carboxylic acids is 1. The molecular formula is C30H35F3N2O5. The molecular weight excluding hydrogens is 525 g/mol. The van der Waals surface area contributed by atoms with Crippen molar-refractivity contribution in [1.29, 1.82) is 5.26 Å². The molecule has 0 fully saturated rings. The van der Waals surface area contributed by atoms with Gasteiger partial charge in [-0.1, -0.05) is 43.3 Å². The molecule has 10 heteroatoms. The SMILES string of the molecule is CCC(CC(=O)O)c1cccc(C#N)c1OC[C@@H](CNC(C)(C)CC1Cc2ccccc2C1)OC(=O)C(F)(F)F. The fourth-order valence-electron chi connectivity index (χ4n) is 5.32. The number of nitrogens with zero attached hydrogens (tertiary/aromatic N) is 1. The molecule has 3 rings (SSSR count). The number of fused-ring (bicyclic) bond motifs is 1. The van der Waals surface area contributed by atoms with Gasteiger partial charge in [-0.25, -0.2) is 4.79 Å². The largest absolute Gasteiger partial charge is 0.490 e. The Balaban J connectivity index is 1.74. The second-order valence-corrected chi connectivity index (χ2v) is 10.9. The zero-order valence-electron chi connectivity index (χ0n) is 22.9. The molecule has 40 heavy (non-hydrogen) atoms. The fraction of sp³-hybridized carbons (Fsp3) is 0.500. The molecule has 1 aliphatic rings. The number of para-hydroxylation sites is 1. The monoisotopic (exact) mass is 560 g/mol. The number of carboxylic acid groups (broad SMARTS) is 1. The van der Waals surface area contributed by atoms with Crippen molar-refractivity contribution >= 4 is 11.9 Å². The van der Waals surface area contributed by atoms with Crippen molar-refractivity contribution in [1.82, 2.24) is 5.32 Å². The zero-order chi connectivity index (χ0) is 29.5. The molecule has 216 valence electrons. The number of halogens is 3. The van der Waals surface area contributed by atoms with Gasteiger partial charge in [-0.05, 0) is 74.1 Å². The molecule has 0 heterocycles. The Morgan fingerprint density at radius 3 is 2.33 bits per heavy atom. The lowest BCUT2D eigenvalue weighted by molar-refractivity contribution is -0.205. The molecule has 1 unspecified atom stereocenters. The van der Waals surface area contributed by atoms with Crippen molar-refractivity contribution < 1.29 is 37.3 Å². The Bertz CT molecular complexity index is 1210. The van der Waals surface area contributed by atoms with E-state index in [1.54, 1.807) is 19.1 Å². The highest BCUT2D eigenvalue weighted by atomic mass is 19.4. The highest BCUT2D eigenvalue weighted by molar-refractivity contribution is 5.75. The molecule has 2 aromatic rings. The summed E-state index contributed by atoms with van der Waals surface area (Å²) in [6, 6.07) is 14.9. The normalized spacial score (nSPS) is 15.1. The maximum absolute atomic E-state index is 13.1. The topological polar surface area (TPSA) is 109 Å². The molecule has 0 bridgehead atoms. The summed E-state index contributed by atoms with van der Waals surface area (Å²) in [6.07, 6.45) is -3.71. The molecule has 0 saturated carbocycles. The predicted molar refractivity (Wildman–Crippen MR) is 142 cm³/mol. The van der Waals surface area contributed by atoms with Crippen LogP contribution >= 0.6 is 0 Å². The Morgan fingerprint density at radius 2 is 1.77 bits per heavy atom. The summed E-state index contributed by atoms with van der Waals surface area (Å²) in [5.74, 6) is -3.41. The van der Waals surface area contributed by atoms with Crippen LogP contribution in [0, 0.1) is 17.2 Å². The molecule has 0 spiro atoms. The smallest absolute Gasteiger partial charge is 0.488 e. The van der Waals surface area contributed by atoms with Gasteiger partial charge in [0.05, 0.1) is 12.0 Å². The van der Waals surface area contributed by atoms with Crippen molar-refractivity contribution in [2.75, 3.05) is 13.2 Å². The van der Waals surface area contributed by atoms with E-state index in [1.165, 1.54) is 17.2 Å². The summed E-state index contributed by atoms with van der Waals surface area (Å²) in [5, 5.41) is 22.2. The van der Waals surface area contributed by atoms with E-state index < -0.39 is 42.3 Å². The van der Waals surface area contributed by atoms with E-state index in [1.807, 2.05) is 32.0 Å². The number of benzene rings is 2. The van der Waals surface area contributed by atoms with E-state index in [9.17, 15) is 33.1 Å². The van der Waals surface area contributed by atoms with E-state index in [2.05, 4.69) is 17.4 Å². The third-order valence-corrected chi connectivity index (χ3v) is 7.18. The Labute approximate surface area is 232 Å². The number of ether oxygens (including phenoxy) is 2. The van der Waals surface area contributed by atoms with E-state index in [0.717, 1.165) is 19.3 Å². The Morgan fingerprint density at radius 1 is 1.12 bits per heavy atom. The van der Waals surface area contributed by atoms with Crippen LogP contribution in [0.15, 0.2) is 42.5 Å². The van der Waals surface area contributed by atoms with Crippen molar-refractivity contribution in [3.8, 4) is 11.8 Å². The van der Waals surface area contributed by atoms with Crippen LogP contribution in [0.4, 0.5) is 13.2 Å². The second-order valence-electron chi connectivity index (χ2n) is 10.9. The first-order valence-electron chi connectivity index (χ1n) is 13.3. The van der Waals surface area contributed by atoms with Crippen molar-refractivity contribution in [2.45, 2.75) is 76.6 Å². The molecule has 0 aromatic heterocycles. The van der Waals surface area contributed by atoms with E-state index in [-0.39, 0.29) is 24.3 Å². The van der Waals surface area contributed by atoms with Gasteiger partial charge in [-0.2, -0.15) is 18.4 Å². The number of hydrogen-bond acceptors (Lipinski definition) is 6. The molecule has 2 N–H and O–H groups in total. The molecule has 2 aromatic carbocycles. The van der Waals surface area contributed by atoms with Gasteiger partial charge < -0.3 is 19.9 Å². The number of alkyl halides is 3. The number of carbonyl (C=O) groups excluding carboxylic acids is 1. The quantitative estimate of drug-likeness (QED) is 0.309. The minimum atomic E-state index is -5.19. The van der Waals surface area contributed by atoms with Gasteiger partial charge in [-0.3, -0.25) is 4.79 Å². The van der Waals surface area contributed by atoms with Crippen LogP contribution in [-0.2, 0) is 27.2 Å². The van der Waals surface area contributed by atoms with Gasteiger partial charge in [0.1, 0.15) is 24.5 Å². The number of nitrogens with one attached hydrogen (secondary N) is 1. The molecule has 0 saturated heterocycles. The number of carbonyl (C=O) groups is 2. The van der Waals surface area contributed by atoms with E-state index >= 15 is 0 Å². The molecule has 0 amide bonds. The Hall–Kier alpha value is -3.58. The van der Waals surface area contributed by atoms with Gasteiger partial charge >= 0.3 is 18.1 Å². The summed E-state index contributed by atoms with van der Waals surface area (Å²) in [7, 11) is 0. The van der Waals surface area contributed by atoms with Crippen LogP contribution in [-0.4, -0.2) is 48.0 Å². The highest BCUT2D eigenvalue weighted by Crippen LogP contribution is 2.35. The van der Waals surface area contributed by atoms with Crippen LogP contribution in [0.5, 0.6) is 5.75 Å². The highest BCUT2D eigenvalue weighted by Gasteiger charge is 2.42. The van der Waals surface area contributed by atoms with Gasteiger partial charge in [0.25, 0.3) is 0 Å². The number of esters is 1. The number of hydrogen-bond donors (Lipinski definition) is 2.